The van der Waals surface area contributed by atoms with E-state index in [9.17, 15) is 20.1 Å². The number of aliphatic hydroxyl groups excluding tert-OH is 3. The Kier molecular flexibility index (Phi) is 8.90. The van der Waals surface area contributed by atoms with Crippen LogP contribution in [0.3, 0.4) is 0 Å². The number of amides is 1. The lowest BCUT2D eigenvalue weighted by Crippen LogP contribution is -2.64. The minimum Gasteiger partial charge on any atom is -0.493 e. The molecule has 0 spiro atoms. The van der Waals surface area contributed by atoms with E-state index in [-0.39, 0.29) is 16.3 Å². The molecule has 0 aromatic heterocycles. The largest absolute Gasteiger partial charge is 0.493 e. The third-order valence-electron chi connectivity index (χ3n) is 5.38. The van der Waals surface area contributed by atoms with E-state index in [0.717, 1.165) is 5.56 Å². The summed E-state index contributed by atoms with van der Waals surface area (Å²) in [5.74, 6) is -0.0242. The fraction of sp³-hybridized carbons (Fsp3) is 0.435. The quantitative estimate of drug-likeness (QED) is 0.420. The molecule has 1 aliphatic heterocycles. The zero-order chi connectivity index (χ0) is 24.0. The van der Waals surface area contributed by atoms with Crippen LogP contribution in [0.1, 0.15) is 15.9 Å². The van der Waals surface area contributed by atoms with Crippen molar-refractivity contribution < 1.29 is 39.1 Å². The van der Waals surface area contributed by atoms with Crippen molar-refractivity contribution in [1.82, 2.24) is 5.32 Å². The van der Waals surface area contributed by atoms with Gasteiger partial charge in [-0.15, -0.1) is 0 Å². The molecule has 1 saturated heterocycles. The zero-order valence-electron chi connectivity index (χ0n) is 18.3. The second kappa shape index (κ2) is 11.6. The minimum atomic E-state index is -1.43. The number of carbonyl (C=O) groups is 1. The van der Waals surface area contributed by atoms with Crippen LogP contribution in [0.4, 0.5) is 0 Å². The Morgan fingerprint density at radius 1 is 1.15 bits per heavy atom. The molecule has 5 atom stereocenters. The first-order valence-corrected chi connectivity index (χ1v) is 10.8. The summed E-state index contributed by atoms with van der Waals surface area (Å²) in [7, 11) is 2.76. The van der Waals surface area contributed by atoms with Gasteiger partial charge >= 0.3 is 0 Å². The Morgan fingerprint density at radius 3 is 2.52 bits per heavy atom. The summed E-state index contributed by atoms with van der Waals surface area (Å²) in [4.78, 5) is 12.9. The molecule has 1 amide bonds. The molecule has 2 aromatic rings. The minimum absolute atomic E-state index is 0.146. The molecule has 9 nitrogen and oxygen atoms in total. The van der Waals surface area contributed by atoms with Crippen molar-refractivity contribution in [2.75, 3.05) is 27.4 Å². The van der Waals surface area contributed by atoms with Gasteiger partial charge < -0.3 is 39.6 Å². The number of methoxy groups -OCH3 is 2. The molecule has 33 heavy (non-hydrogen) atoms. The van der Waals surface area contributed by atoms with Crippen LogP contribution >= 0.6 is 11.6 Å². The van der Waals surface area contributed by atoms with Gasteiger partial charge in [0.05, 0.1) is 25.3 Å². The summed E-state index contributed by atoms with van der Waals surface area (Å²) in [5.41, 5.74) is 1.25. The van der Waals surface area contributed by atoms with Crippen molar-refractivity contribution in [2.45, 2.75) is 37.1 Å². The summed E-state index contributed by atoms with van der Waals surface area (Å²) in [6.07, 6.45) is -4.30. The molecule has 10 heteroatoms. The lowest BCUT2D eigenvalue weighted by Gasteiger charge is -2.41. The summed E-state index contributed by atoms with van der Waals surface area (Å²) >= 11 is 6.38. The number of carbonyl (C=O) groups excluding carboxylic acids is 1. The van der Waals surface area contributed by atoms with Crippen LogP contribution in [0.25, 0.3) is 0 Å². The average Bonchev–Trinajstić information content (AvgIpc) is 2.83. The van der Waals surface area contributed by atoms with Crippen molar-refractivity contribution in [3.05, 3.63) is 58.6 Å². The number of nitrogens with one attached hydrogen (secondary N) is 1. The topological polar surface area (TPSA) is 127 Å². The highest BCUT2D eigenvalue weighted by atomic mass is 35.5. The molecule has 1 aliphatic rings. The van der Waals surface area contributed by atoms with Gasteiger partial charge in [-0.3, -0.25) is 4.79 Å². The maximum atomic E-state index is 12.9. The molecule has 4 N–H and O–H groups in total. The van der Waals surface area contributed by atoms with Gasteiger partial charge in [-0.05, 0) is 17.7 Å². The first kappa shape index (κ1) is 25.2. The highest BCUT2D eigenvalue weighted by molar-refractivity contribution is 6.32. The predicted molar refractivity (Wildman–Crippen MR) is 120 cm³/mol. The standard InChI is InChI=1S/C23H28ClNO8/c1-30-16-11-14(10-15(24)21(16)32-9-8-13-6-4-3-5-7-13)22(29)25-18-20(28)19(27)17(12-26)33-23(18)31-2/h3-7,10-11,17-20,23,26-28H,8-9,12H2,1-2H3,(H,25,29)/t17-,18-,19-,20-,23+/m1/s1. The van der Waals surface area contributed by atoms with Gasteiger partial charge in [0.15, 0.2) is 17.8 Å². The van der Waals surface area contributed by atoms with Gasteiger partial charge in [-0.2, -0.15) is 0 Å². The van der Waals surface area contributed by atoms with E-state index in [1.54, 1.807) is 0 Å². The lowest BCUT2D eigenvalue weighted by atomic mass is 9.96. The second-order valence-corrected chi connectivity index (χ2v) is 7.92. The molecule has 180 valence electrons. The predicted octanol–water partition coefficient (Wildman–Crippen LogP) is 1.15. The molecule has 0 saturated carbocycles. The molecule has 2 aromatic carbocycles. The van der Waals surface area contributed by atoms with Crippen molar-refractivity contribution in [2.24, 2.45) is 0 Å². The highest BCUT2D eigenvalue weighted by Crippen LogP contribution is 2.36. The first-order valence-electron chi connectivity index (χ1n) is 10.4. The summed E-state index contributed by atoms with van der Waals surface area (Å²) in [6.45, 7) is -0.159. The molecule has 0 aliphatic carbocycles. The van der Waals surface area contributed by atoms with E-state index in [1.165, 1.54) is 26.4 Å². The molecule has 0 radical (unpaired) electrons. The van der Waals surface area contributed by atoms with E-state index in [2.05, 4.69) is 5.32 Å². The maximum absolute atomic E-state index is 12.9. The smallest absolute Gasteiger partial charge is 0.251 e. The molecular formula is C23H28ClNO8. The third kappa shape index (κ3) is 5.94. The molecule has 1 heterocycles. The monoisotopic (exact) mass is 481 g/mol. The van der Waals surface area contributed by atoms with Crippen LogP contribution < -0.4 is 14.8 Å². The number of rotatable bonds is 9. The number of benzene rings is 2. The summed E-state index contributed by atoms with van der Waals surface area (Å²) in [5, 5.41) is 32.6. The molecule has 0 unspecified atom stereocenters. The lowest BCUT2D eigenvalue weighted by molar-refractivity contribution is -0.261. The van der Waals surface area contributed by atoms with Gasteiger partial charge in [-0.25, -0.2) is 0 Å². The highest BCUT2D eigenvalue weighted by Gasteiger charge is 2.45. The molecular weight excluding hydrogens is 454 g/mol. The van der Waals surface area contributed by atoms with Gasteiger partial charge in [0.2, 0.25) is 0 Å². The maximum Gasteiger partial charge on any atom is 0.251 e. The SMILES string of the molecule is COc1cc(C(=O)N[C@H]2[C@@H](OC)O[C@H](CO)[C@@H](O)[C@@H]2O)cc(Cl)c1OCCc1ccccc1. The van der Waals surface area contributed by atoms with E-state index < -0.39 is 43.2 Å². The molecule has 1 fully saturated rings. The van der Waals surface area contributed by atoms with E-state index >= 15 is 0 Å². The van der Waals surface area contributed by atoms with Gasteiger partial charge in [-0.1, -0.05) is 41.9 Å². The Bertz CT molecular complexity index is 926. The second-order valence-electron chi connectivity index (χ2n) is 7.52. The fourth-order valence-corrected chi connectivity index (χ4v) is 3.84. The van der Waals surface area contributed by atoms with Crippen molar-refractivity contribution in [3.8, 4) is 11.5 Å². The number of hydrogen-bond donors (Lipinski definition) is 4. The number of halogens is 1. The molecule has 3 rings (SSSR count). The normalized spacial score (nSPS) is 24.8. The van der Waals surface area contributed by atoms with Crippen LogP contribution in [0.5, 0.6) is 11.5 Å². The van der Waals surface area contributed by atoms with Crippen LogP contribution in [0.15, 0.2) is 42.5 Å². The summed E-state index contributed by atoms with van der Waals surface area (Å²) < 4.78 is 21.8. The van der Waals surface area contributed by atoms with Crippen LogP contribution in [0, 0.1) is 0 Å². The Morgan fingerprint density at radius 2 is 1.88 bits per heavy atom. The Hall–Kier alpha value is -2.40. The average molecular weight is 482 g/mol. The number of ether oxygens (including phenoxy) is 4. The van der Waals surface area contributed by atoms with Gasteiger partial charge in [0.25, 0.3) is 5.91 Å². The van der Waals surface area contributed by atoms with Crippen molar-refractivity contribution >= 4 is 17.5 Å². The van der Waals surface area contributed by atoms with E-state index in [0.29, 0.717) is 18.8 Å². The van der Waals surface area contributed by atoms with Crippen molar-refractivity contribution in [1.29, 1.82) is 0 Å². The van der Waals surface area contributed by atoms with Crippen molar-refractivity contribution in [3.63, 3.8) is 0 Å². The third-order valence-corrected chi connectivity index (χ3v) is 5.66. The number of aliphatic hydroxyl groups is 3. The van der Waals surface area contributed by atoms with E-state index in [4.69, 9.17) is 30.5 Å². The van der Waals surface area contributed by atoms with Gasteiger partial charge in [0.1, 0.15) is 24.4 Å². The van der Waals surface area contributed by atoms with Gasteiger partial charge in [0, 0.05) is 19.1 Å². The molecule has 0 bridgehead atoms. The Balaban J connectivity index is 1.72. The van der Waals surface area contributed by atoms with Crippen LogP contribution in [-0.4, -0.2) is 79.3 Å². The van der Waals surface area contributed by atoms with E-state index in [1.807, 2.05) is 30.3 Å². The zero-order valence-corrected chi connectivity index (χ0v) is 19.1. The van der Waals surface area contributed by atoms with Crippen LogP contribution in [0.2, 0.25) is 5.02 Å². The first-order chi connectivity index (χ1) is 15.9. The Labute approximate surface area is 196 Å². The summed E-state index contributed by atoms with van der Waals surface area (Å²) in [6, 6.07) is 11.6. The fourth-order valence-electron chi connectivity index (χ4n) is 3.58. The van der Waals surface area contributed by atoms with Crippen LogP contribution in [-0.2, 0) is 15.9 Å². The number of hydrogen-bond acceptors (Lipinski definition) is 8.